The zero-order chi connectivity index (χ0) is 21.0. The van der Waals surface area contributed by atoms with Gasteiger partial charge >= 0.3 is 5.69 Å². The summed E-state index contributed by atoms with van der Waals surface area (Å²) in [7, 11) is 1.48. The van der Waals surface area contributed by atoms with Crippen molar-refractivity contribution in [2.24, 2.45) is 13.0 Å². The lowest BCUT2D eigenvalue weighted by atomic mass is 9.97. The molecule has 2 heterocycles. The second-order valence-corrected chi connectivity index (χ2v) is 8.16. The van der Waals surface area contributed by atoms with Crippen molar-refractivity contribution in [3.8, 4) is 0 Å². The molecule has 1 aliphatic rings. The van der Waals surface area contributed by atoms with E-state index in [-0.39, 0.29) is 23.1 Å². The number of aromatic nitrogens is 2. The van der Waals surface area contributed by atoms with Crippen molar-refractivity contribution >= 4 is 23.5 Å². The van der Waals surface area contributed by atoms with Gasteiger partial charge in [0, 0.05) is 44.2 Å². The topological polar surface area (TPSA) is 76.3 Å². The number of nitrogens with one attached hydrogen (secondary N) is 1. The van der Waals surface area contributed by atoms with Gasteiger partial charge in [-0.1, -0.05) is 12.1 Å². The third-order valence-corrected chi connectivity index (χ3v) is 6.18. The second-order valence-electron chi connectivity index (χ2n) is 7.28. The predicted octanol–water partition coefficient (Wildman–Crippen LogP) is 1.82. The third-order valence-electron chi connectivity index (χ3n) is 5.44. The van der Waals surface area contributed by atoms with Gasteiger partial charge in [0.1, 0.15) is 5.82 Å². The molecule has 1 N–H and O–H groups in total. The maximum atomic E-state index is 12.7. The van der Waals surface area contributed by atoms with E-state index in [0.717, 1.165) is 29.5 Å². The molecule has 29 heavy (non-hydrogen) atoms. The fourth-order valence-corrected chi connectivity index (χ4v) is 4.10. The Hall–Kier alpha value is -2.48. The summed E-state index contributed by atoms with van der Waals surface area (Å²) in [5.41, 5.74) is 0.417. The minimum absolute atomic E-state index is 0.0119. The van der Waals surface area contributed by atoms with Crippen LogP contribution < -0.4 is 21.5 Å². The molecule has 156 valence electrons. The van der Waals surface area contributed by atoms with Crippen molar-refractivity contribution in [1.82, 2.24) is 14.5 Å². The Labute approximate surface area is 174 Å². The third kappa shape index (κ3) is 4.75. The average molecular weight is 417 g/mol. The quantitative estimate of drug-likeness (QED) is 0.727. The maximum Gasteiger partial charge on any atom is 0.332 e. The van der Waals surface area contributed by atoms with Gasteiger partial charge in [0.25, 0.3) is 5.56 Å². The number of carbonyl (C=O) groups excluding carboxylic acids is 1. The van der Waals surface area contributed by atoms with Crippen LogP contribution in [-0.2, 0) is 24.9 Å². The summed E-state index contributed by atoms with van der Waals surface area (Å²) in [5.74, 6) is 0.447. The number of rotatable bonds is 6. The highest BCUT2D eigenvalue weighted by molar-refractivity contribution is 7.98. The van der Waals surface area contributed by atoms with E-state index in [4.69, 9.17) is 0 Å². The van der Waals surface area contributed by atoms with Crippen molar-refractivity contribution in [3.63, 3.8) is 0 Å². The zero-order valence-corrected chi connectivity index (χ0v) is 18.0. The number of carbonyl (C=O) groups is 1. The summed E-state index contributed by atoms with van der Waals surface area (Å²) in [6, 6.07) is 9.65. The first-order valence-electron chi connectivity index (χ1n) is 9.91. The zero-order valence-electron chi connectivity index (χ0n) is 17.2. The Morgan fingerprint density at radius 2 is 1.97 bits per heavy atom. The van der Waals surface area contributed by atoms with Crippen molar-refractivity contribution in [3.05, 3.63) is 56.7 Å². The number of anilines is 1. The van der Waals surface area contributed by atoms with Gasteiger partial charge in [0.15, 0.2) is 0 Å². The van der Waals surface area contributed by atoms with Crippen LogP contribution in [0.5, 0.6) is 0 Å². The Morgan fingerprint density at radius 3 is 2.62 bits per heavy atom. The molecule has 7 nitrogen and oxygen atoms in total. The summed E-state index contributed by atoms with van der Waals surface area (Å²) in [5, 5.41) is 3.03. The first-order chi connectivity index (χ1) is 13.9. The van der Waals surface area contributed by atoms with Crippen LogP contribution in [0.3, 0.4) is 0 Å². The van der Waals surface area contributed by atoms with Crippen molar-refractivity contribution < 1.29 is 4.79 Å². The van der Waals surface area contributed by atoms with Crippen LogP contribution in [0.1, 0.15) is 25.3 Å². The van der Waals surface area contributed by atoms with Crippen LogP contribution >= 0.6 is 11.8 Å². The lowest BCUT2D eigenvalue weighted by Gasteiger charge is -2.34. The maximum absolute atomic E-state index is 12.7. The highest BCUT2D eigenvalue weighted by atomic mass is 32.2. The van der Waals surface area contributed by atoms with Gasteiger partial charge in [-0.3, -0.25) is 18.7 Å². The molecular weight excluding hydrogens is 388 g/mol. The first-order valence-corrected chi connectivity index (χ1v) is 11.1. The minimum atomic E-state index is -0.324. The summed E-state index contributed by atoms with van der Waals surface area (Å²) in [6.07, 6.45) is 3.68. The summed E-state index contributed by atoms with van der Waals surface area (Å²) in [4.78, 5) is 40.5. The Balaban J connectivity index is 1.69. The van der Waals surface area contributed by atoms with Gasteiger partial charge in [0.05, 0.1) is 5.92 Å². The Kier molecular flexibility index (Phi) is 6.84. The van der Waals surface area contributed by atoms with Gasteiger partial charge in [-0.05, 0) is 43.7 Å². The molecule has 0 bridgehead atoms. The van der Waals surface area contributed by atoms with E-state index in [1.165, 1.54) is 18.0 Å². The second kappa shape index (κ2) is 9.35. The molecule has 1 amide bonds. The highest BCUT2D eigenvalue weighted by Gasteiger charge is 2.27. The molecule has 0 aliphatic carbocycles. The average Bonchev–Trinajstić information content (AvgIpc) is 2.76. The molecule has 3 rings (SSSR count). The number of hydrogen-bond donors (Lipinski definition) is 1. The number of benzene rings is 1. The van der Waals surface area contributed by atoms with Crippen molar-refractivity contribution in [2.45, 2.75) is 37.8 Å². The van der Waals surface area contributed by atoms with E-state index in [2.05, 4.69) is 17.4 Å². The van der Waals surface area contributed by atoms with Crippen LogP contribution in [-0.4, -0.2) is 34.4 Å². The molecule has 1 aromatic carbocycles. The minimum Gasteiger partial charge on any atom is -0.357 e. The number of thioether (sulfide) groups is 1. The van der Waals surface area contributed by atoms with E-state index in [0.29, 0.717) is 25.5 Å². The van der Waals surface area contributed by atoms with E-state index in [1.54, 1.807) is 16.3 Å². The number of amides is 1. The standard InChI is InChI=1S/C21H28N4O3S/c1-4-25-18(12-19(26)23(2)21(25)28)24-11-5-6-16(14-24)20(27)22-13-15-7-9-17(29-3)10-8-15/h7-10,12,16H,4-6,11,13-14H2,1-3H3,(H,22,27). The fourth-order valence-electron chi connectivity index (χ4n) is 3.69. The van der Waals surface area contributed by atoms with E-state index in [1.807, 2.05) is 30.2 Å². The number of hydrogen-bond acceptors (Lipinski definition) is 5. The van der Waals surface area contributed by atoms with Gasteiger partial charge in [0.2, 0.25) is 5.91 Å². The molecule has 1 atom stereocenters. The molecule has 1 saturated heterocycles. The van der Waals surface area contributed by atoms with E-state index < -0.39 is 0 Å². The van der Waals surface area contributed by atoms with E-state index in [9.17, 15) is 14.4 Å². The lowest BCUT2D eigenvalue weighted by Crippen LogP contribution is -2.47. The fraction of sp³-hybridized carbons (Fsp3) is 0.476. The summed E-state index contributed by atoms with van der Waals surface area (Å²) in [6.45, 7) is 4.08. The van der Waals surface area contributed by atoms with Crippen molar-refractivity contribution in [2.75, 3.05) is 24.2 Å². The normalized spacial score (nSPS) is 16.7. The highest BCUT2D eigenvalue weighted by Crippen LogP contribution is 2.22. The molecular formula is C21H28N4O3S. The SMILES string of the molecule is CCn1c(N2CCCC(C(=O)NCc3ccc(SC)cc3)C2)cc(=O)n(C)c1=O. The summed E-state index contributed by atoms with van der Waals surface area (Å²) < 4.78 is 2.71. The summed E-state index contributed by atoms with van der Waals surface area (Å²) >= 11 is 1.69. The predicted molar refractivity (Wildman–Crippen MR) is 117 cm³/mol. The molecule has 1 aromatic heterocycles. The smallest absolute Gasteiger partial charge is 0.332 e. The molecule has 1 unspecified atom stereocenters. The lowest BCUT2D eigenvalue weighted by molar-refractivity contribution is -0.125. The van der Waals surface area contributed by atoms with Crippen LogP contribution in [0.2, 0.25) is 0 Å². The molecule has 0 radical (unpaired) electrons. The Morgan fingerprint density at radius 1 is 1.24 bits per heavy atom. The van der Waals surface area contributed by atoms with Gasteiger partial charge in [-0.25, -0.2) is 4.79 Å². The van der Waals surface area contributed by atoms with Gasteiger partial charge in [-0.15, -0.1) is 11.8 Å². The number of nitrogens with zero attached hydrogens (tertiary/aromatic N) is 3. The molecule has 8 heteroatoms. The monoisotopic (exact) mass is 416 g/mol. The first kappa shape index (κ1) is 21.2. The largest absolute Gasteiger partial charge is 0.357 e. The van der Waals surface area contributed by atoms with Crippen LogP contribution in [0, 0.1) is 5.92 Å². The molecule has 0 saturated carbocycles. The molecule has 2 aromatic rings. The molecule has 0 spiro atoms. The van der Waals surface area contributed by atoms with Gasteiger partial charge < -0.3 is 10.2 Å². The van der Waals surface area contributed by atoms with Crippen LogP contribution in [0.15, 0.2) is 44.8 Å². The van der Waals surface area contributed by atoms with Crippen molar-refractivity contribution in [1.29, 1.82) is 0 Å². The van der Waals surface area contributed by atoms with Crippen LogP contribution in [0.4, 0.5) is 5.82 Å². The van der Waals surface area contributed by atoms with Crippen LogP contribution in [0.25, 0.3) is 0 Å². The van der Waals surface area contributed by atoms with Gasteiger partial charge in [-0.2, -0.15) is 0 Å². The Bertz CT molecular complexity index is 981. The molecule has 1 aliphatic heterocycles. The van der Waals surface area contributed by atoms with E-state index >= 15 is 0 Å². The number of piperidine rings is 1. The molecule has 1 fully saturated rings.